The van der Waals surface area contributed by atoms with Crippen molar-refractivity contribution in [2.75, 3.05) is 0 Å². The van der Waals surface area contributed by atoms with Crippen molar-refractivity contribution in [2.45, 2.75) is 19.5 Å². The number of hydrogen-bond donors (Lipinski definition) is 1. The van der Waals surface area contributed by atoms with E-state index in [0.717, 1.165) is 0 Å². The minimum Gasteiger partial charge on any atom is -0.481 e. The number of carboxylic acid groups (broad SMARTS) is 1. The summed E-state index contributed by atoms with van der Waals surface area (Å²) in [4.78, 5) is 10.7. The summed E-state index contributed by atoms with van der Waals surface area (Å²) in [5.74, 6) is -2.28. The smallest absolute Gasteiger partial charge is 0.309 e. The van der Waals surface area contributed by atoms with Gasteiger partial charge in [0.05, 0.1) is 5.92 Å². The molecule has 0 spiro atoms. The standard InChI is InChI=1S/C11H12ClFO2/c1-7(10(14)15)11(2,13)8-4-3-5-9(12)6-8/h3-7H,1-2H3,(H,14,15). The summed E-state index contributed by atoms with van der Waals surface area (Å²) >= 11 is 5.72. The first kappa shape index (κ1) is 12.0. The number of carbonyl (C=O) groups is 1. The summed E-state index contributed by atoms with van der Waals surface area (Å²) in [5.41, 5.74) is -1.64. The molecular weight excluding hydrogens is 219 g/mol. The number of benzene rings is 1. The zero-order chi connectivity index (χ0) is 11.6. The normalized spacial score (nSPS) is 16.8. The summed E-state index contributed by atoms with van der Waals surface area (Å²) in [6.45, 7) is 2.58. The predicted molar refractivity (Wildman–Crippen MR) is 56.7 cm³/mol. The quantitative estimate of drug-likeness (QED) is 0.866. The van der Waals surface area contributed by atoms with Crippen LogP contribution in [0.4, 0.5) is 4.39 Å². The van der Waals surface area contributed by atoms with E-state index in [4.69, 9.17) is 16.7 Å². The average molecular weight is 231 g/mol. The van der Waals surface area contributed by atoms with Crippen molar-refractivity contribution < 1.29 is 14.3 Å². The highest BCUT2D eigenvalue weighted by Gasteiger charge is 2.37. The molecule has 0 aliphatic heterocycles. The second-order valence-corrected chi connectivity index (χ2v) is 4.08. The highest BCUT2D eigenvalue weighted by molar-refractivity contribution is 6.30. The Bertz CT molecular complexity index is 377. The van der Waals surface area contributed by atoms with E-state index < -0.39 is 17.6 Å². The van der Waals surface area contributed by atoms with Crippen molar-refractivity contribution in [2.24, 2.45) is 5.92 Å². The number of rotatable bonds is 3. The number of alkyl halides is 1. The Labute approximate surface area is 92.7 Å². The van der Waals surface area contributed by atoms with Gasteiger partial charge in [-0.3, -0.25) is 4.79 Å². The van der Waals surface area contributed by atoms with Crippen LogP contribution in [-0.2, 0) is 10.5 Å². The monoisotopic (exact) mass is 230 g/mol. The summed E-state index contributed by atoms with van der Waals surface area (Å²) in [5, 5.41) is 9.17. The molecule has 15 heavy (non-hydrogen) atoms. The van der Waals surface area contributed by atoms with Crippen molar-refractivity contribution in [3.63, 3.8) is 0 Å². The number of hydrogen-bond acceptors (Lipinski definition) is 1. The van der Waals surface area contributed by atoms with Gasteiger partial charge in [-0.1, -0.05) is 23.7 Å². The van der Waals surface area contributed by atoms with Gasteiger partial charge in [-0.15, -0.1) is 0 Å². The van der Waals surface area contributed by atoms with E-state index in [2.05, 4.69) is 0 Å². The van der Waals surface area contributed by atoms with Crippen molar-refractivity contribution >= 4 is 17.6 Å². The molecule has 0 saturated heterocycles. The lowest BCUT2D eigenvalue weighted by molar-refractivity contribution is -0.146. The molecule has 1 aromatic carbocycles. The van der Waals surface area contributed by atoms with E-state index in [1.165, 1.54) is 26.0 Å². The van der Waals surface area contributed by atoms with Crippen LogP contribution in [0.15, 0.2) is 24.3 Å². The predicted octanol–water partition coefficient (Wildman–Crippen LogP) is 3.25. The van der Waals surface area contributed by atoms with Gasteiger partial charge in [0.1, 0.15) is 5.67 Å². The van der Waals surface area contributed by atoms with Crippen molar-refractivity contribution in [3.05, 3.63) is 34.9 Å². The molecule has 1 N–H and O–H groups in total. The molecule has 0 heterocycles. The fourth-order valence-electron chi connectivity index (χ4n) is 1.27. The van der Waals surface area contributed by atoms with Gasteiger partial charge in [-0.25, -0.2) is 4.39 Å². The molecule has 0 radical (unpaired) electrons. The zero-order valence-electron chi connectivity index (χ0n) is 8.50. The van der Waals surface area contributed by atoms with Gasteiger partial charge in [-0.2, -0.15) is 0 Å². The van der Waals surface area contributed by atoms with Crippen molar-refractivity contribution in [3.8, 4) is 0 Å². The largest absolute Gasteiger partial charge is 0.481 e. The van der Waals surface area contributed by atoms with E-state index in [9.17, 15) is 9.18 Å². The van der Waals surface area contributed by atoms with Crippen LogP contribution >= 0.6 is 11.6 Å². The molecule has 0 fully saturated rings. The molecule has 0 aliphatic rings. The van der Waals surface area contributed by atoms with Gasteiger partial charge >= 0.3 is 5.97 Å². The molecule has 4 heteroatoms. The first-order valence-electron chi connectivity index (χ1n) is 4.53. The highest BCUT2D eigenvalue weighted by Crippen LogP contribution is 2.34. The van der Waals surface area contributed by atoms with Crippen LogP contribution in [0.3, 0.4) is 0 Å². The van der Waals surface area contributed by atoms with E-state index >= 15 is 0 Å². The fraction of sp³-hybridized carbons (Fsp3) is 0.364. The van der Waals surface area contributed by atoms with E-state index in [1.54, 1.807) is 12.1 Å². The van der Waals surface area contributed by atoms with E-state index in [1.807, 2.05) is 0 Å². The third kappa shape index (κ3) is 2.48. The molecule has 0 amide bonds. The van der Waals surface area contributed by atoms with Gasteiger partial charge in [0.15, 0.2) is 0 Å². The first-order chi connectivity index (χ1) is 6.85. The maximum atomic E-state index is 14.2. The Kier molecular flexibility index (Phi) is 3.35. The fourth-order valence-corrected chi connectivity index (χ4v) is 1.46. The van der Waals surface area contributed by atoms with Gasteiger partial charge in [-0.05, 0) is 31.5 Å². The topological polar surface area (TPSA) is 37.3 Å². The van der Waals surface area contributed by atoms with Crippen LogP contribution in [0.25, 0.3) is 0 Å². The highest BCUT2D eigenvalue weighted by atomic mass is 35.5. The van der Waals surface area contributed by atoms with E-state index in [-0.39, 0.29) is 5.56 Å². The molecule has 0 saturated carbocycles. The van der Waals surface area contributed by atoms with Gasteiger partial charge in [0.25, 0.3) is 0 Å². The Morgan fingerprint density at radius 3 is 2.67 bits per heavy atom. The minimum atomic E-state index is -1.92. The third-order valence-electron chi connectivity index (χ3n) is 2.57. The maximum absolute atomic E-state index is 14.2. The second kappa shape index (κ2) is 4.19. The zero-order valence-corrected chi connectivity index (χ0v) is 9.25. The van der Waals surface area contributed by atoms with Crippen molar-refractivity contribution in [1.82, 2.24) is 0 Å². The molecule has 1 rings (SSSR count). The third-order valence-corrected chi connectivity index (χ3v) is 2.81. The first-order valence-corrected chi connectivity index (χ1v) is 4.91. The number of carboxylic acids is 1. The number of aliphatic carboxylic acids is 1. The van der Waals surface area contributed by atoms with Gasteiger partial charge in [0, 0.05) is 5.02 Å². The Hall–Kier alpha value is -1.09. The van der Waals surface area contributed by atoms with Gasteiger partial charge in [0.2, 0.25) is 0 Å². The Morgan fingerprint density at radius 2 is 2.20 bits per heavy atom. The van der Waals surface area contributed by atoms with Crippen molar-refractivity contribution in [1.29, 1.82) is 0 Å². The molecule has 2 nitrogen and oxygen atoms in total. The van der Waals surface area contributed by atoms with Crippen LogP contribution in [0.5, 0.6) is 0 Å². The van der Waals surface area contributed by atoms with Crippen LogP contribution in [0, 0.1) is 5.92 Å². The van der Waals surface area contributed by atoms with Crippen LogP contribution < -0.4 is 0 Å². The lowest BCUT2D eigenvalue weighted by Crippen LogP contribution is -2.31. The average Bonchev–Trinajstić information content (AvgIpc) is 2.16. The lowest BCUT2D eigenvalue weighted by atomic mass is 9.86. The molecular formula is C11H12ClFO2. The Balaban J connectivity index is 3.10. The Morgan fingerprint density at radius 1 is 1.60 bits per heavy atom. The van der Waals surface area contributed by atoms with Crippen LogP contribution in [0.1, 0.15) is 19.4 Å². The maximum Gasteiger partial charge on any atom is 0.309 e. The molecule has 0 aromatic heterocycles. The minimum absolute atomic E-state index is 0.282. The van der Waals surface area contributed by atoms with E-state index in [0.29, 0.717) is 5.02 Å². The number of halogens is 2. The SMILES string of the molecule is CC(C(=O)O)C(C)(F)c1cccc(Cl)c1. The summed E-state index contributed by atoms with van der Waals surface area (Å²) in [7, 11) is 0. The van der Waals surface area contributed by atoms with Gasteiger partial charge < -0.3 is 5.11 Å². The second-order valence-electron chi connectivity index (χ2n) is 3.65. The molecule has 1 aromatic rings. The molecule has 2 atom stereocenters. The molecule has 0 aliphatic carbocycles. The van der Waals surface area contributed by atoms with Crippen LogP contribution in [0.2, 0.25) is 5.02 Å². The summed E-state index contributed by atoms with van der Waals surface area (Å²) < 4.78 is 14.2. The molecule has 0 bridgehead atoms. The molecule has 2 unspecified atom stereocenters. The summed E-state index contributed by atoms with van der Waals surface area (Å²) in [6.07, 6.45) is 0. The molecule has 82 valence electrons. The summed E-state index contributed by atoms with van der Waals surface area (Å²) in [6, 6.07) is 6.20. The lowest BCUT2D eigenvalue weighted by Gasteiger charge is -2.25. The van der Waals surface area contributed by atoms with Crippen LogP contribution in [-0.4, -0.2) is 11.1 Å².